The van der Waals surface area contributed by atoms with Crippen LogP contribution in [0.2, 0.25) is 0 Å². The molecule has 94 valence electrons. The molecule has 0 spiro atoms. The molecule has 0 heterocycles. The molecule has 0 atom stereocenters. The van der Waals surface area contributed by atoms with Crippen molar-refractivity contribution in [1.29, 1.82) is 0 Å². The van der Waals surface area contributed by atoms with Gasteiger partial charge in [0, 0.05) is 11.8 Å². The highest BCUT2D eigenvalue weighted by molar-refractivity contribution is 7.90. The van der Waals surface area contributed by atoms with Gasteiger partial charge in [-0.1, -0.05) is 36.4 Å². The fourth-order valence-electron chi connectivity index (χ4n) is 1.78. The lowest BCUT2D eigenvalue weighted by Gasteiger charge is -2.10. The van der Waals surface area contributed by atoms with E-state index in [1.807, 2.05) is 0 Å². The van der Waals surface area contributed by atoms with Crippen LogP contribution in [0, 0.1) is 5.82 Å². The normalized spacial score (nSPS) is 11.4. The third-order valence-corrected chi connectivity index (χ3v) is 3.72. The van der Waals surface area contributed by atoms with Crippen molar-refractivity contribution < 1.29 is 12.8 Å². The second-order valence-corrected chi connectivity index (χ2v) is 5.94. The van der Waals surface area contributed by atoms with E-state index in [1.54, 1.807) is 30.3 Å². The Hall–Kier alpha value is -1.88. The van der Waals surface area contributed by atoms with Crippen LogP contribution < -0.4 is 5.73 Å². The van der Waals surface area contributed by atoms with E-state index in [1.165, 1.54) is 12.1 Å². The molecule has 0 amide bonds. The largest absolute Gasteiger partial charge is 0.396 e. The standard InChI is InChI=1S/C13H12FNO2S/c1-18(16,17)13-10(7-8-11(15)12(13)14)9-5-3-2-4-6-9/h2-8H,15H2,1H3. The van der Waals surface area contributed by atoms with Crippen molar-refractivity contribution in [3.63, 3.8) is 0 Å². The smallest absolute Gasteiger partial charge is 0.179 e. The molecule has 0 bridgehead atoms. The zero-order valence-corrected chi connectivity index (χ0v) is 10.5. The van der Waals surface area contributed by atoms with Crippen LogP contribution in [0.15, 0.2) is 47.4 Å². The van der Waals surface area contributed by atoms with Gasteiger partial charge >= 0.3 is 0 Å². The quantitative estimate of drug-likeness (QED) is 0.849. The Bertz CT molecular complexity index is 682. The Morgan fingerprint density at radius 3 is 2.22 bits per heavy atom. The number of hydrogen-bond donors (Lipinski definition) is 1. The van der Waals surface area contributed by atoms with Crippen LogP contribution in [-0.2, 0) is 9.84 Å². The molecule has 0 fully saturated rings. The number of rotatable bonds is 2. The summed E-state index contributed by atoms with van der Waals surface area (Å²) in [4.78, 5) is -0.353. The maximum atomic E-state index is 13.9. The minimum atomic E-state index is -3.69. The Labute approximate surface area is 105 Å². The Morgan fingerprint density at radius 2 is 1.67 bits per heavy atom. The number of sulfone groups is 1. The van der Waals surface area contributed by atoms with Crippen LogP contribution in [0.25, 0.3) is 11.1 Å². The molecule has 2 aromatic carbocycles. The minimum absolute atomic E-state index is 0.171. The Morgan fingerprint density at radius 1 is 1.06 bits per heavy atom. The number of halogens is 1. The van der Waals surface area contributed by atoms with Gasteiger partial charge in [0.05, 0.1) is 5.69 Å². The first-order chi connectivity index (χ1) is 8.41. The average molecular weight is 265 g/mol. The fourth-order valence-corrected chi connectivity index (χ4v) is 2.81. The van der Waals surface area contributed by atoms with Gasteiger partial charge in [0.15, 0.2) is 15.7 Å². The van der Waals surface area contributed by atoms with Crippen molar-refractivity contribution in [2.24, 2.45) is 0 Å². The molecule has 0 saturated carbocycles. The van der Waals surface area contributed by atoms with Crippen molar-refractivity contribution in [3.05, 3.63) is 48.3 Å². The van der Waals surface area contributed by atoms with Gasteiger partial charge in [-0.25, -0.2) is 12.8 Å². The Kier molecular flexibility index (Phi) is 3.09. The van der Waals surface area contributed by atoms with Crippen LogP contribution in [0.4, 0.5) is 10.1 Å². The monoisotopic (exact) mass is 265 g/mol. The summed E-state index contributed by atoms with van der Waals surface area (Å²) in [6.07, 6.45) is 0.970. The zero-order valence-electron chi connectivity index (χ0n) is 9.72. The highest BCUT2D eigenvalue weighted by Gasteiger charge is 2.21. The lowest BCUT2D eigenvalue weighted by molar-refractivity contribution is 0.574. The summed E-state index contributed by atoms with van der Waals surface area (Å²) in [5, 5.41) is 0. The molecule has 0 aliphatic rings. The van der Waals surface area contributed by atoms with E-state index in [2.05, 4.69) is 0 Å². The first kappa shape index (κ1) is 12.6. The van der Waals surface area contributed by atoms with Crippen LogP contribution in [0.3, 0.4) is 0 Å². The molecule has 18 heavy (non-hydrogen) atoms. The first-order valence-corrected chi connectivity index (χ1v) is 7.14. The molecule has 0 aromatic heterocycles. The van der Waals surface area contributed by atoms with E-state index in [9.17, 15) is 12.8 Å². The van der Waals surface area contributed by atoms with Gasteiger partial charge in [0.2, 0.25) is 0 Å². The lowest BCUT2D eigenvalue weighted by atomic mass is 10.1. The van der Waals surface area contributed by atoms with Gasteiger partial charge < -0.3 is 5.73 Å². The van der Waals surface area contributed by atoms with Crippen LogP contribution in [0.5, 0.6) is 0 Å². The van der Waals surface area contributed by atoms with Gasteiger partial charge in [0.25, 0.3) is 0 Å². The van der Waals surface area contributed by atoms with Gasteiger partial charge in [-0.2, -0.15) is 0 Å². The Balaban J connectivity index is 2.82. The second kappa shape index (κ2) is 4.42. The number of anilines is 1. The fraction of sp³-hybridized carbons (Fsp3) is 0.0769. The summed E-state index contributed by atoms with van der Waals surface area (Å²) >= 11 is 0. The van der Waals surface area contributed by atoms with Crippen molar-refractivity contribution in [2.45, 2.75) is 4.90 Å². The average Bonchev–Trinajstić information content (AvgIpc) is 2.32. The number of hydrogen-bond acceptors (Lipinski definition) is 3. The molecule has 2 N–H and O–H groups in total. The molecule has 5 heteroatoms. The molecule has 3 nitrogen and oxygen atoms in total. The third kappa shape index (κ3) is 2.22. The summed E-state index contributed by atoms with van der Waals surface area (Å²) in [7, 11) is -3.69. The predicted octanol–water partition coefficient (Wildman–Crippen LogP) is 2.48. The van der Waals surface area contributed by atoms with Gasteiger partial charge in [0.1, 0.15) is 4.90 Å². The lowest BCUT2D eigenvalue weighted by Crippen LogP contribution is -2.06. The molecule has 0 saturated heterocycles. The molecule has 0 unspecified atom stereocenters. The summed E-state index contributed by atoms with van der Waals surface area (Å²) in [6, 6.07) is 11.7. The zero-order chi connectivity index (χ0) is 13.3. The number of benzene rings is 2. The number of nitrogens with two attached hydrogens (primary N) is 1. The number of nitrogen functional groups attached to an aromatic ring is 1. The van der Waals surface area contributed by atoms with Crippen molar-refractivity contribution in [2.75, 3.05) is 12.0 Å². The van der Waals surface area contributed by atoms with Gasteiger partial charge in [-0.05, 0) is 11.6 Å². The van der Waals surface area contributed by atoms with Gasteiger partial charge in [-0.3, -0.25) is 0 Å². The van der Waals surface area contributed by atoms with E-state index in [4.69, 9.17) is 5.73 Å². The summed E-state index contributed by atoms with van der Waals surface area (Å²) in [5.41, 5.74) is 6.21. The molecule has 2 aromatic rings. The molecule has 0 aliphatic heterocycles. The maximum Gasteiger partial charge on any atom is 0.179 e. The molecule has 0 aliphatic carbocycles. The summed E-state index contributed by atoms with van der Waals surface area (Å²) in [6.45, 7) is 0. The van der Waals surface area contributed by atoms with Crippen LogP contribution in [-0.4, -0.2) is 14.7 Å². The second-order valence-electron chi connectivity index (χ2n) is 3.98. The summed E-state index contributed by atoms with van der Waals surface area (Å²) in [5.74, 6) is -0.890. The highest BCUT2D eigenvalue weighted by Crippen LogP contribution is 2.32. The van der Waals surface area contributed by atoms with Crippen molar-refractivity contribution in [1.82, 2.24) is 0 Å². The third-order valence-electron chi connectivity index (χ3n) is 2.58. The summed E-state index contributed by atoms with van der Waals surface area (Å²) < 4.78 is 37.3. The van der Waals surface area contributed by atoms with Crippen molar-refractivity contribution >= 4 is 15.5 Å². The van der Waals surface area contributed by atoms with Crippen LogP contribution >= 0.6 is 0 Å². The van der Waals surface area contributed by atoms with Gasteiger partial charge in [-0.15, -0.1) is 0 Å². The van der Waals surface area contributed by atoms with E-state index < -0.39 is 15.7 Å². The molecular weight excluding hydrogens is 253 g/mol. The topological polar surface area (TPSA) is 60.2 Å². The van der Waals surface area contributed by atoms with E-state index in [-0.39, 0.29) is 10.6 Å². The first-order valence-electron chi connectivity index (χ1n) is 5.24. The molecule has 0 radical (unpaired) electrons. The van der Waals surface area contributed by atoms with E-state index >= 15 is 0 Å². The van der Waals surface area contributed by atoms with Crippen LogP contribution in [0.1, 0.15) is 0 Å². The van der Waals surface area contributed by atoms with Crippen molar-refractivity contribution in [3.8, 4) is 11.1 Å². The highest BCUT2D eigenvalue weighted by atomic mass is 32.2. The molecular formula is C13H12FNO2S. The predicted molar refractivity (Wildman–Crippen MR) is 69.4 cm³/mol. The maximum absolute atomic E-state index is 13.9. The van der Waals surface area contributed by atoms with E-state index in [0.29, 0.717) is 11.1 Å². The minimum Gasteiger partial charge on any atom is -0.396 e. The molecule has 2 rings (SSSR count). The SMILES string of the molecule is CS(=O)(=O)c1c(-c2ccccc2)ccc(N)c1F. The van der Waals surface area contributed by atoms with E-state index in [0.717, 1.165) is 6.26 Å².